The molecule has 3 aromatic rings. The Bertz CT molecular complexity index is 1300. The van der Waals surface area contributed by atoms with Crippen LogP contribution in [0.1, 0.15) is 49.8 Å². The van der Waals surface area contributed by atoms with Crippen molar-refractivity contribution in [1.29, 1.82) is 0 Å². The molecule has 1 atom stereocenters. The second-order valence-corrected chi connectivity index (χ2v) is 8.94. The second kappa shape index (κ2) is 7.22. The molecular weight excluding hydrogens is 414 g/mol. The Kier molecular flexibility index (Phi) is 3.55. The Morgan fingerprint density at radius 2 is 2.06 bits per heavy atom. The minimum absolute atomic E-state index is 0.0356. The normalized spacial score (nSPS) is 28.1. The lowest BCUT2D eigenvalue weighted by atomic mass is 9.96. The third-order valence-electron chi connectivity index (χ3n) is 6.42. The predicted octanol–water partition coefficient (Wildman–Crippen LogP) is 3.18. The van der Waals surface area contributed by atoms with Crippen molar-refractivity contribution in [3.05, 3.63) is 35.4 Å². The van der Waals surface area contributed by atoms with Crippen LogP contribution in [0.4, 0.5) is 5.82 Å². The van der Waals surface area contributed by atoms with Gasteiger partial charge in [0.2, 0.25) is 5.91 Å². The molecule has 1 saturated carbocycles. The smallest absolute Gasteiger partial charge is 0.227 e. The fraction of sp³-hybridized carbons (Fsp3) is 0.545. The first kappa shape index (κ1) is 15.2. The van der Waals surface area contributed by atoms with Crippen molar-refractivity contribution in [1.82, 2.24) is 29.6 Å². The number of amides is 1. The maximum atomic E-state index is 13.2. The van der Waals surface area contributed by atoms with E-state index < -0.39 is 24.5 Å². The maximum Gasteiger partial charge on any atom is 0.227 e. The Hall–Kier alpha value is -2.61. The third kappa shape index (κ3) is 3.28. The Labute approximate surface area is 191 Å². The first-order valence-electron chi connectivity index (χ1n) is 12.8. The number of nitrogens with zero attached hydrogens (tertiary/aromatic N) is 6. The number of piperidine rings is 1. The Morgan fingerprint density at radius 3 is 2.81 bits per heavy atom. The van der Waals surface area contributed by atoms with Gasteiger partial charge in [0, 0.05) is 35.0 Å². The standard InChI is InChI=1S/C22H26ClN7O/c23-16-12-24-30(14-16)22(7-8-22)21-25-17-5-6-18(26-19(17)27-21)29-11-3-4-15(13-29)20(31)28-9-1-2-10-28/h5-6,12,14-15H,1-4,7-11,13H2,(H,25,26,27)/t15-/m1/s1/i11D2,13D2. The van der Waals surface area contributed by atoms with Crippen molar-refractivity contribution in [2.45, 2.75) is 44.1 Å². The van der Waals surface area contributed by atoms with E-state index in [1.807, 2.05) is 0 Å². The van der Waals surface area contributed by atoms with Gasteiger partial charge in [0.25, 0.3) is 0 Å². The van der Waals surface area contributed by atoms with E-state index in [9.17, 15) is 4.79 Å². The molecule has 1 amide bonds. The van der Waals surface area contributed by atoms with Crippen LogP contribution in [0.25, 0.3) is 11.2 Å². The summed E-state index contributed by atoms with van der Waals surface area (Å²) in [5, 5.41) is 4.89. The van der Waals surface area contributed by atoms with Crippen molar-refractivity contribution < 1.29 is 10.3 Å². The summed E-state index contributed by atoms with van der Waals surface area (Å²) in [5.74, 6) is -0.387. The summed E-state index contributed by atoms with van der Waals surface area (Å²) in [6.07, 6.45) is 7.04. The summed E-state index contributed by atoms with van der Waals surface area (Å²) >= 11 is 6.07. The van der Waals surface area contributed by atoms with Crippen molar-refractivity contribution in [3.63, 3.8) is 0 Å². The molecule has 162 valence electrons. The average molecular weight is 444 g/mol. The summed E-state index contributed by atoms with van der Waals surface area (Å²) in [6, 6.07) is 3.29. The second-order valence-electron chi connectivity index (χ2n) is 8.50. The van der Waals surface area contributed by atoms with Crippen LogP contribution in [-0.2, 0) is 10.3 Å². The number of carbonyl (C=O) groups is 1. The van der Waals surface area contributed by atoms with Gasteiger partial charge in [-0.25, -0.2) is 9.97 Å². The van der Waals surface area contributed by atoms with Gasteiger partial charge in [0.15, 0.2) is 5.65 Å². The number of likely N-dealkylation sites (tertiary alicyclic amines) is 1. The van der Waals surface area contributed by atoms with E-state index in [-0.39, 0.29) is 24.6 Å². The van der Waals surface area contributed by atoms with E-state index in [0.717, 1.165) is 30.6 Å². The zero-order chi connectivity index (χ0) is 24.6. The minimum Gasteiger partial charge on any atom is -0.356 e. The van der Waals surface area contributed by atoms with Gasteiger partial charge in [0.05, 0.1) is 19.9 Å². The highest BCUT2D eigenvalue weighted by Crippen LogP contribution is 2.48. The molecular formula is C22H26ClN7O. The zero-order valence-electron chi connectivity index (χ0n) is 21.0. The number of H-pyrrole nitrogens is 1. The lowest BCUT2D eigenvalue weighted by Gasteiger charge is -2.34. The van der Waals surface area contributed by atoms with Crippen LogP contribution in [-0.4, -0.2) is 61.6 Å². The molecule has 1 aliphatic carbocycles. The number of pyridine rings is 1. The molecule has 31 heavy (non-hydrogen) atoms. The number of hydrogen-bond acceptors (Lipinski definition) is 5. The van der Waals surface area contributed by atoms with Gasteiger partial charge in [-0.1, -0.05) is 11.6 Å². The summed E-state index contributed by atoms with van der Waals surface area (Å²) < 4.78 is 36.7. The monoisotopic (exact) mass is 443 g/mol. The molecule has 9 heteroatoms. The number of halogens is 1. The van der Waals surface area contributed by atoms with Crippen LogP contribution < -0.4 is 4.90 Å². The number of imidazole rings is 1. The van der Waals surface area contributed by atoms with Crippen LogP contribution in [0.3, 0.4) is 0 Å². The highest BCUT2D eigenvalue weighted by Gasteiger charge is 2.50. The molecule has 8 nitrogen and oxygen atoms in total. The van der Waals surface area contributed by atoms with Gasteiger partial charge in [-0.3, -0.25) is 9.48 Å². The first-order valence-corrected chi connectivity index (χ1v) is 11.2. The fourth-order valence-corrected chi connectivity index (χ4v) is 4.66. The third-order valence-corrected chi connectivity index (χ3v) is 6.61. The molecule has 0 bridgehead atoms. The molecule has 6 rings (SSSR count). The van der Waals surface area contributed by atoms with Crippen LogP contribution in [0.5, 0.6) is 0 Å². The highest BCUT2D eigenvalue weighted by molar-refractivity contribution is 6.30. The lowest BCUT2D eigenvalue weighted by molar-refractivity contribution is -0.134. The van der Waals surface area contributed by atoms with Crippen LogP contribution in [0.2, 0.25) is 5.02 Å². The van der Waals surface area contributed by atoms with E-state index >= 15 is 0 Å². The van der Waals surface area contributed by atoms with E-state index in [0.29, 0.717) is 35.1 Å². The first-order chi connectivity index (χ1) is 16.6. The van der Waals surface area contributed by atoms with Gasteiger partial charge < -0.3 is 14.8 Å². The molecule has 3 aromatic heterocycles. The predicted molar refractivity (Wildman–Crippen MR) is 118 cm³/mol. The van der Waals surface area contributed by atoms with Crippen LogP contribution >= 0.6 is 11.6 Å². The van der Waals surface area contributed by atoms with Gasteiger partial charge in [-0.05, 0) is 50.7 Å². The van der Waals surface area contributed by atoms with Crippen molar-refractivity contribution in [2.24, 2.45) is 5.92 Å². The van der Waals surface area contributed by atoms with Crippen molar-refractivity contribution >= 4 is 34.5 Å². The summed E-state index contributed by atoms with van der Waals surface area (Å²) in [4.78, 5) is 28.4. The van der Waals surface area contributed by atoms with Gasteiger partial charge >= 0.3 is 0 Å². The average Bonchev–Trinajstić information content (AvgIpc) is 3.16. The molecule has 0 unspecified atom stereocenters. The number of fused-ring (bicyclic) bond motifs is 1. The van der Waals surface area contributed by atoms with E-state index in [1.165, 1.54) is 0 Å². The highest BCUT2D eigenvalue weighted by atomic mass is 35.5. The molecule has 5 heterocycles. The summed E-state index contributed by atoms with van der Waals surface area (Å²) in [5.41, 5.74) is 0.605. The molecule has 3 aliphatic rings. The van der Waals surface area contributed by atoms with E-state index in [2.05, 4.69) is 15.1 Å². The van der Waals surface area contributed by atoms with Crippen LogP contribution in [0, 0.1) is 5.92 Å². The Balaban J connectivity index is 1.36. The number of carbonyl (C=O) groups excluding carboxylic acids is 1. The van der Waals surface area contributed by atoms with Gasteiger partial charge in [-0.15, -0.1) is 0 Å². The number of anilines is 1. The molecule has 0 radical (unpaired) electrons. The molecule has 2 aliphatic heterocycles. The molecule has 1 N–H and O–H groups in total. The molecule has 0 spiro atoms. The Morgan fingerprint density at radius 1 is 1.23 bits per heavy atom. The molecule has 3 fully saturated rings. The zero-order valence-corrected chi connectivity index (χ0v) is 17.8. The minimum atomic E-state index is -2.24. The summed E-state index contributed by atoms with van der Waals surface area (Å²) in [6.45, 7) is -2.99. The quantitative estimate of drug-likeness (QED) is 0.669. The number of nitrogens with one attached hydrogen (secondary N) is 1. The van der Waals surface area contributed by atoms with Gasteiger partial charge in [-0.2, -0.15) is 5.10 Å². The number of rotatable bonds is 4. The fourth-order valence-electron chi connectivity index (χ4n) is 4.53. The maximum absolute atomic E-state index is 13.2. The lowest BCUT2D eigenvalue weighted by Crippen LogP contribution is -2.44. The van der Waals surface area contributed by atoms with Gasteiger partial charge in [0.1, 0.15) is 22.7 Å². The molecule has 0 aromatic carbocycles. The topological polar surface area (TPSA) is 82.9 Å². The van der Waals surface area contributed by atoms with Crippen LogP contribution in [0.15, 0.2) is 24.5 Å². The number of aromatic nitrogens is 5. The SMILES string of the molecule is [2H]C1([2H])CC[C@@H](C(=O)N2CCCC2)C([2H])([2H])N1c1ccc2nc(C3(n4cc(Cl)cn4)CC3)[nH]c2n1. The van der Waals surface area contributed by atoms with Crippen molar-refractivity contribution in [3.8, 4) is 0 Å². The molecule has 2 saturated heterocycles. The number of hydrogen-bond donors (Lipinski definition) is 1. The van der Waals surface area contributed by atoms with Crippen molar-refractivity contribution in [2.75, 3.05) is 31.0 Å². The largest absolute Gasteiger partial charge is 0.356 e. The van der Waals surface area contributed by atoms with E-state index in [4.69, 9.17) is 22.1 Å². The number of aromatic amines is 1. The van der Waals surface area contributed by atoms with E-state index in [1.54, 1.807) is 34.1 Å². The summed E-state index contributed by atoms with van der Waals surface area (Å²) in [7, 11) is 0.